The molecule has 0 unspecified atom stereocenters. The highest BCUT2D eigenvalue weighted by atomic mass is 16.5. The van der Waals surface area contributed by atoms with E-state index in [1.165, 1.54) is 16.0 Å². The lowest BCUT2D eigenvalue weighted by molar-refractivity contribution is -1.00. The van der Waals surface area contributed by atoms with Crippen LogP contribution >= 0.6 is 0 Å². The number of benzene rings is 1. The third kappa shape index (κ3) is 4.75. The summed E-state index contributed by atoms with van der Waals surface area (Å²) >= 11 is 0. The molecule has 1 saturated heterocycles. The lowest BCUT2D eigenvalue weighted by Crippen LogP contribution is -3.27. The first kappa shape index (κ1) is 20.2. The average molecular weight is 351 g/mol. The Labute approximate surface area is 152 Å². The van der Waals surface area contributed by atoms with Crippen LogP contribution < -0.4 is 9.64 Å². The first-order valence-corrected chi connectivity index (χ1v) is 9.36. The van der Waals surface area contributed by atoms with E-state index in [1.54, 1.807) is 0 Å². The molecule has 1 aliphatic heterocycles. The summed E-state index contributed by atoms with van der Waals surface area (Å²) in [7, 11) is 0. The first-order chi connectivity index (χ1) is 11.4. The van der Waals surface area contributed by atoms with Gasteiger partial charge in [-0.3, -0.25) is 0 Å². The van der Waals surface area contributed by atoms with Crippen molar-refractivity contribution in [3.05, 3.63) is 28.8 Å². The molecule has 4 heteroatoms. The lowest BCUT2D eigenvalue weighted by atomic mass is 9.78. The minimum atomic E-state index is -0.538. The van der Waals surface area contributed by atoms with Gasteiger partial charge in [-0.1, -0.05) is 6.07 Å². The van der Waals surface area contributed by atoms with Gasteiger partial charge in [-0.15, -0.1) is 0 Å². The molecule has 1 fully saturated rings. The summed E-state index contributed by atoms with van der Waals surface area (Å²) in [6, 6.07) is 4.18. The van der Waals surface area contributed by atoms with E-state index in [0.717, 1.165) is 24.2 Å². The van der Waals surface area contributed by atoms with Crippen LogP contribution in [-0.4, -0.2) is 46.7 Å². The zero-order chi connectivity index (χ0) is 19.0. The molecule has 0 aliphatic carbocycles. The number of rotatable bonds is 5. The van der Waals surface area contributed by atoms with Crippen molar-refractivity contribution in [1.82, 2.24) is 0 Å². The van der Waals surface area contributed by atoms with Crippen molar-refractivity contribution >= 4 is 0 Å². The monoisotopic (exact) mass is 350 g/mol. The van der Waals surface area contributed by atoms with E-state index in [0.29, 0.717) is 13.2 Å². The molecule has 4 nitrogen and oxygen atoms in total. The molecule has 1 atom stereocenters. The van der Waals surface area contributed by atoms with E-state index < -0.39 is 6.10 Å². The molecule has 0 aromatic heterocycles. The van der Waals surface area contributed by atoms with Crippen molar-refractivity contribution in [2.24, 2.45) is 0 Å². The molecule has 25 heavy (non-hydrogen) atoms. The third-order valence-corrected chi connectivity index (χ3v) is 5.76. The van der Waals surface area contributed by atoms with Crippen molar-refractivity contribution < 1.29 is 19.8 Å². The van der Waals surface area contributed by atoms with Crippen molar-refractivity contribution in [3.63, 3.8) is 0 Å². The maximum atomic E-state index is 10.6. The van der Waals surface area contributed by atoms with Crippen LogP contribution in [0, 0.1) is 20.8 Å². The third-order valence-electron chi connectivity index (χ3n) is 5.76. The molecule has 142 valence electrons. The van der Waals surface area contributed by atoms with Crippen LogP contribution in [0.25, 0.3) is 0 Å². The highest BCUT2D eigenvalue weighted by Gasteiger charge is 2.49. The Morgan fingerprint density at radius 1 is 1.12 bits per heavy atom. The average Bonchev–Trinajstić information content (AvgIpc) is 2.44. The van der Waals surface area contributed by atoms with Gasteiger partial charge in [0, 0.05) is 12.8 Å². The van der Waals surface area contributed by atoms with Gasteiger partial charge in [0.2, 0.25) is 0 Å². The Kier molecular flexibility index (Phi) is 5.87. The van der Waals surface area contributed by atoms with Crippen molar-refractivity contribution in [2.45, 2.75) is 84.6 Å². The summed E-state index contributed by atoms with van der Waals surface area (Å²) in [6.07, 6.45) is 0.717. The van der Waals surface area contributed by atoms with Crippen molar-refractivity contribution in [3.8, 4) is 5.75 Å². The molecule has 3 N–H and O–H groups in total. The molecule has 0 spiro atoms. The second-order valence-corrected chi connectivity index (χ2v) is 9.18. The number of hydrogen-bond acceptors (Lipinski definition) is 3. The Morgan fingerprint density at radius 3 is 2.24 bits per heavy atom. The fourth-order valence-electron chi connectivity index (χ4n) is 4.60. The molecular weight excluding hydrogens is 314 g/mol. The first-order valence-electron chi connectivity index (χ1n) is 9.36. The van der Waals surface area contributed by atoms with E-state index in [9.17, 15) is 10.2 Å². The molecule has 1 aromatic carbocycles. The Bertz CT molecular complexity index is 591. The van der Waals surface area contributed by atoms with Gasteiger partial charge in [-0.05, 0) is 71.2 Å². The van der Waals surface area contributed by atoms with Gasteiger partial charge in [-0.25, -0.2) is 0 Å². The molecule has 1 heterocycles. The highest BCUT2D eigenvalue weighted by Crippen LogP contribution is 2.25. The number of likely N-dealkylation sites (tertiary alicyclic amines) is 1. The molecule has 0 radical (unpaired) electrons. The van der Waals surface area contributed by atoms with Crippen LogP contribution in [0.3, 0.4) is 0 Å². The number of nitrogens with one attached hydrogen (secondary N) is 1. The maximum Gasteiger partial charge on any atom is 0.137 e. The number of aliphatic hydroxyl groups excluding tert-OH is 2. The highest BCUT2D eigenvalue weighted by molar-refractivity contribution is 5.41. The lowest BCUT2D eigenvalue weighted by Gasteiger charge is -2.51. The predicted octanol–water partition coefficient (Wildman–Crippen LogP) is 1.95. The minimum Gasteiger partial charge on any atom is -0.490 e. The number of ether oxygens (including phenoxy) is 1. The normalized spacial score (nSPS) is 26.3. The smallest absolute Gasteiger partial charge is 0.137 e. The summed E-state index contributed by atoms with van der Waals surface area (Å²) < 4.78 is 5.95. The Morgan fingerprint density at radius 2 is 1.68 bits per heavy atom. The van der Waals surface area contributed by atoms with Crippen LogP contribution in [0.1, 0.15) is 57.2 Å². The van der Waals surface area contributed by atoms with Crippen LogP contribution in [0.2, 0.25) is 0 Å². The number of hydrogen-bond donors (Lipinski definition) is 3. The van der Waals surface area contributed by atoms with Crippen LogP contribution in [-0.2, 0) is 0 Å². The second kappa shape index (κ2) is 7.26. The standard InChI is InChI=1S/C21H35NO3/c1-14-8-15(2)16(3)19(9-14)25-13-18(24)12-22-20(4,5)10-17(23)11-21(22,6)7/h8-9,17-18,23-24H,10-13H2,1-7H3/p+1/t18-/m0/s1. The molecule has 0 amide bonds. The molecule has 0 saturated carbocycles. The van der Waals surface area contributed by atoms with Crippen molar-refractivity contribution in [1.29, 1.82) is 0 Å². The van der Waals surface area contributed by atoms with E-state index in [4.69, 9.17) is 4.74 Å². The molecule has 0 bridgehead atoms. The van der Waals surface area contributed by atoms with Gasteiger partial charge in [0.25, 0.3) is 0 Å². The topological polar surface area (TPSA) is 54.1 Å². The van der Waals surface area contributed by atoms with Gasteiger partial charge in [-0.2, -0.15) is 0 Å². The number of piperidine rings is 1. The molecule has 2 rings (SSSR count). The number of aliphatic hydroxyl groups is 2. The molecule has 1 aromatic rings. The van der Waals surface area contributed by atoms with Crippen molar-refractivity contribution in [2.75, 3.05) is 13.2 Å². The summed E-state index contributed by atoms with van der Waals surface area (Å²) in [4.78, 5) is 1.33. The van der Waals surface area contributed by atoms with E-state index in [1.807, 2.05) is 6.07 Å². The SMILES string of the molecule is Cc1cc(C)c(C)c(OC[C@@H](O)C[NH+]2C(C)(C)CC(O)CC2(C)C)c1. The zero-order valence-electron chi connectivity index (χ0n) is 16.9. The van der Waals surface area contributed by atoms with Crippen LogP contribution in [0.4, 0.5) is 0 Å². The van der Waals surface area contributed by atoms with Gasteiger partial charge in [0.05, 0.1) is 17.2 Å². The molecular formula is C21H36NO3+. The van der Waals surface area contributed by atoms with Crippen LogP contribution in [0.5, 0.6) is 5.75 Å². The Hall–Kier alpha value is -1.10. The number of aryl methyl sites for hydroxylation is 2. The van der Waals surface area contributed by atoms with E-state index >= 15 is 0 Å². The fraction of sp³-hybridized carbons (Fsp3) is 0.714. The quantitative estimate of drug-likeness (QED) is 0.761. The zero-order valence-corrected chi connectivity index (χ0v) is 16.9. The summed E-state index contributed by atoms with van der Waals surface area (Å²) in [6.45, 7) is 15.8. The van der Waals surface area contributed by atoms with Gasteiger partial charge in [0.15, 0.2) is 0 Å². The van der Waals surface area contributed by atoms with Gasteiger partial charge < -0.3 is 19.8 Å². The minimum absolute atomic E-state index is 0.0714. The predicted molar refractivity (Wildman–Crippen MR) is 101 cm³/mol. The maximum absolute atomic E-state index is 10.6. The number of quaternary nitrogens is 1. The van der Waals surface area contributed by atoms with E-state index in [2.05, 4.69) is 54.5 Å². The fourth-order valence-corrected chi connectivity index (χ4v) is 4.60. The molecule has 1 aliphatic rings. The summed E-state index contributed by atoms with van der Waals surface area (Å²) in [5, 5.41) is 20.8. The van der Waals surface area contributed by atoms with Crippen LogP contribution in [0.15, 0.2) is 12.1 Å². The largest absolute Gasteiger partial charge is 0.490 e. The summed E-state index contributed by atoms with van der Waals surface area (Å²) in [5.74, 6) is 0.860. The second-order valence-electron chi connectivity index (χ2n) is 9.18. The Balaban J connectivity index is 2.03. The summed E-state index contributed by atoms with van der Waals surface area (Å²) in [5.41, 5.74) is 3.37. The van der Waals surface area contributed by atoms with Gasteiger partial charge >= 0.3 is 0 Å². The van der Waals surface area contributed by atoms with Gasteiger partial charge in [0.1, 0.15) is 25.0 Å². The van der Waals surface area contributed by atoms with E-state index in [-0.39, 0.29) is 17.2 Å².